The largest absolute Gasteiger partial charge is 0.510 e. The molecule has 36 heavy (non-hydrogen) atoms. The average molecular weight is 514 g/mol. The molecule has 0 aliphatic heterocycles. The van der Waals surface area contributed by atoms with Gasteiger partial charge in [-0.25, -0.2) is 0 Å². The molecular formula is C27H35NO7Si. The topological polar surface area (TPSA) is 135 Å². The summed E-state index contributed by atoms with van der Waals surface area (Å²) in [5, 5.41) is 44.6. The molecule has 8 nitrogen and oxygen atoms in total. The first kappa shape index (κ1) is 26.3. The fourth-order valence-corrected chi connectivity index (χ4v) is 7.18. The Morgan fingerprint density at radius 1 is 1.14 bits per heavy atom. The van der Waals surface area contributed by atoms with Gasteiger partial charge in [-0.05, 0) is 63.4 Å². The number of likely N-dealkylation sites (N-methyl/N-ethyl adjacent to an activating group) is 1. The van der Waals surface area contributed by atoms with Crippen molar-refractivity contribution in [3.8, 4) is 5.75 Å². The maximum atomic E-state index is 13.7. The predicted molar refractivity (Wildman–Crippen MR) is 137 cm³/mol. The minimum Gasteiger partial charge on any atom is -0.510 e. The number of ketones is 3. The van der Waals surface area contributed by atoms with E-state index in [1.807, 2.05) is 6.07 Å². The van der Waals surface area contributed by atoms with Crippen molar-refractivity contribution in [1.29, 1.82) is 0 Å². The summed E-state index contributed by atoms with van der Waals surface area (Å²) in [6.45, 7) is 7.91. The van der Waals surface area contributed by atoms with Crippen LogP contribution in [0.15, 0.2) is 34.8 Å². The van der Waals surface area contributed by atoms with Gasteiger partial charge in [-0.2, -0.15) is 0 Å². The molecule has 0 saturated carbocycles. The van der Waals surface area contributed by atoms with Crippen LogP contribution in [0.2, 0.25) is 25.7 Å². The van der Waals surface area contributed by atoms with Crippen molar-refractivity contribution in [2.24, 2.45) is 11.8 Å². The number of fused-ring (bicyclic) bond motifs is 3. The van der Waals surface area contributed by atoms with Crippen molar-refractivity contribution in [3.05, 3.63) is 51.5 Å². The number of phenolic OH excluding ortho intramolecular Hbond substituents is 1. The number of phenols is 1. The molecule has 0 fully saturated rings. The van der Waals surface area contributed by atoms with E-state index in [-0.39, 0.29) is 23.3 Å². The second kappa shape index (κ2) is 8.67. The summed E-state index contributed by atoms with van der Waals surface area (Å²) < 4.78 is 0. The quantitative estimate of drug-likeness (QED) is 0.348. The van der Waals surface area contributed by atoms with Gasteiger partial charge in [-0.1, -0.05) is 31.8 Å². The first-order valence-corrected chi connectivity index (χ1v) is 16.0. The van der Waals surface area contributed by atoms with Crippen LogP contribution in [0, 0.1) is 11.8 Å². The molecule has 3 aliphatic rings. The Kier molecular flexibility index (Phi) is 6.34. The van der Waals surface area contributed by atoms with E-state index >= 15 is 0 Å². The molecule has 0 spiro atoms. The molecule has 1 aromatic rings. The molecule has 0 radical (unpaired) electrons. The molecule has 3 aliphatic carbocycles. The molecule has 0 amide bonds. The van der Waals surface area contributed by atoms with E-state index in [1.165, 1.54) is 6.07 Å². The minimum absolute atomic E-state index is 0.0977. The van der Waals surface area contributed by atoms with Crippen LogP contribution in [0.4, 0.5) is 0 Å². The Morgan fingerprint density at radius 3 is 2.33 bits per heavy atom. The van der Waals surface area contributed by atoms with Crippen LogP contribution in [0.5, 0.6) is 5.75 Å². The monoisotopic (exact) mass is 513 g/mol. The Bertz CT molecular complexity index is 1240. The molecule has 9 heteroatoms. The van der Waals surface area contributed by atoms with Gasteiger partial charge in [0.25, 0.3) is 0 Å². The number of aliphatic hydroxyl groups excluding tert-OH is 2. The zero-order chi connectivity index (χ0) is 26.9. The molecule has 0 unspecified atom stereocenters. The van der Waals surface area contributed by atoms with Crippen LogP contribution in [-0.4, -0.2) is 76.5 Å². The zero-order valence-electron chi connectivity index (χ0n) is 21.7. The lowest BCUT2D eigenvalue weighted by atomic mass is 9.58. The number of rotatable bonds is 5. The van der Waals surface area contributed by atoms with E-state index < -0.39 is 66.0 Å². The second-order valence-electron chi connectivity index (χ2n) is 11.8. The number of carbonyl (C=O) groups is 3. The Hall–Kier alpha value is -2.75. The third kappa shape index (κ3) is 3.84. The maximum Gasteiger partial charge on any atom is 0.209 e. The highest BCUT2D eigenvalue weighted by Crippen LogP contribution is 2.52. The van der Waals surface area contributed by atoms with Crippen LogP contribution in [0.25, 0.3) is 0 Å². The fraction of sp³-hybridized carbons (Fsp3) is 0.519. The van der Waals surface area contributed by atoms with E-state index in [0.717, 1.165) is 30.5 Å². The zero-order valence-corrected chi connectivity index (χ0v) is 22.7. The van der Waals surface area contributed by atoms with Crippen LogP contribution < -0.4 is 0 Å². The van der Waals surface area contributed by atoms with Gasteiger partial charge in [0.15, 0.2) is 17.2 Å². The van der Waals surface area contributed by atoms with Crippen molar-refractivity contribution in [1.82, 2.24) is 4.90 Å². The lowest BCUT2D eigenvalue weighted by molar-refractivity contribution is -0.148. The number of hydrogen-bond acceptors (Lipinski definition) is 8. The normalized spacial score (nSPS) is 28.3. The summed E-state index contributed by atoms with van der Waals surface area (Å²) in [5.74, 6) is -5.38. The van der Waals surface area contributed by atoms with Gasteiger partial charge in [0.2, 0.25) is 5.78 Å². The molecular weight excluding hydrogens is 478 g/mol. The molecule has 0 aromatic heterocycles. The number of aliphatic hydroxyl groups is 3. The number of hydrogen-bond donors (Lipinski definition) is 4. The van der Waals surface area contributed by atoms with Crippen molar-refractivity contribution in [2.45, 2.75) is 63.5 Å². The molecule has 4 atom stereocenters. The molecule has 0 bridgehead atoms. The Balaban J connectivity index is 1.89. The maximum absolute atomic E-state index is 13.7. The van der Waals surface area contributed by atoms with E-state index in [9.17, 15) is 34.8 Å². The Morgan fingerprint density at radius 2 is 1.78 bits per heavy atom. The fourth-order valence-electron chi connectivity index (χ4n) is 6.16. The summed E-state index contributed by atoms with van der Waals surface area (Å²) in [5.41, 5.74) is -1.40. The lowest BCUT2D eigenvalue weighted by Gasteiger charge is -2.50. The van der Waals surface area contributed by atoms with E-state index in [2.05, 4.69) is 19.6 Å². The van der Waals surface area contributed by atoms with Gasteiger partial charge in [-0.15, -0.1) is 0 Å². The molecule has 4 rings (SSSR count). The molecule has 1 aromatic carbocycles. The van der Waals surface area contributed by atoms with Crippen LogP contribution in [0.3, 0.4) is 0 Å². The summed E-state index contributed by atoms with van der Waals surface area (Å²) in [4.78, 5) is 41.0. The smallest absolute Gasteiger partial charge is 0.209 e. The molecule has 4 N–H and O–H groups in total. The van der Waals surface area contributed by atoms with Crippen molar-refractivity contribution in [3.63, 3.8) is 0 Å². The van der Waals surface area contributed by atoms with Crippen molar-refractivity contribution in [2.75, 3.05) is 14.1 Å². The highest BCUT2D eigenvalue weighted by molar-refractivity contribution is 6.76. The van der Waals surface area contributed by atoms with Gasteiger partial charge in [-0.3, -0.25) is 19.3 Å². The summed E-state index contributed by atoms with van der Waals surface area (Å²) in [7, 11) is 1.92. The van der Waals surface area contributed by atoms with Crippen molar-refractivity contribution < 1.29 is 34.8 Å². The Labute approximate surface area is 212 Å². The minimum atomic E-state index is -2.54. The number of aryl methyl sites for hydroxylation is 1. The third-order valence-electron chi connectivity index (χ3n) is 7.95. The number of carbonyl (C=O) groups excluding carboxylic acids is 3. The number of aromatic hydroxyl groups is 1. The summed E-state index contributed by atoms with van der Waals surface area (Å²) in [6.07, 6.45) is 1.25. The van der Waals surface area contributed by atoms with Crippen LogP contribution >= 0.6 is 0 Å². The van der Waals surface area contributed by atoms with E-state index in [0.29, 0.717) is 6.42 Å². The highest BCUT2D eigenvalue weighted by Gasteiger charge is 2.63. The number of benzene rings is 1. The summed E-state index contributed by atoms with van der Waals surface area (Å²) >= 11 is 0. The number of Topliss-reactive ketones (excluding diaryl/α,β-unsaturated/α-hetero) is 3. The van der Waals surface area contributed by atoms with Gasteiger partial charge in [0, 0.05) is 19.6 Å². The second-order valence-corrected chi connectivity index (χ2v) is 17.4. The average Bonchev–Trinajstić information content (AvgIpc) is 2.74. The first-order valence-electron chi connectivity index (χ1n) is 12.3. The molecule has 194 valence electrons. The lowest BCUT2D eigenvalue weighted by Crippen LogP contribution is -2.63. The molecule has 0 saturated heterocycles. The van der Waals surface area contributed by atoms with Gasteiger partial charge < -0.3 is 20.4 Å². The SMILES string of the molecule is CC(=O)C1=C(O)[C@@H](N(C)C)[C@@H]2C[C@@H]3Cc4c(CC[Si](C)(C)C)ccc(O)c4C(=O)C3=C(O)[C@]2(O)C1=O. The number of allylic oxidation sites excluding steroid dienone is 1. The van der Waals surface area contributed by atoms with Gasteiger partial charge >= 0.3 is 0 Å². The van der Waals surface area contributed by atoms with E-state index in [4.69, 9.17) is 0 Å². The third-order valence-corrected chi connectivity index (χ3v) is 9.70. The van der Waals surface area contributed by atoms with Crippen LogP contribution in [0.1, 0.15) is 34.8 Å². The van der Waals surface area contributed by atoms with Crippen LogP contribution in [-0.2, 0) is 22.4 Å². The molecule has 0 heterocycles. The highest BCUT2D eigenvalue weighted by atomic mass is 28.3. The predicted octanol–water partition coefficient (Wildman–Crippen LogP) is 3.11. The van der Waals surface area contributed by atoms with Gasteiger partial charge in [0.05, 0.1) is 11.6 Å². The summed E-state index contributed by atoms with van der Waals surface area (Å²) in [6, 6.07) is 3.41. The van der Waals surface area contributed by atoms with Crippen molar-refractivity contribution >= 4 is 25.4 Å². The standard InChI is InChI=1S/C27H35NO7Si/c1-13(29)19-24(32)22(28(2)3)17-12-15-11-16-14(9-10-36(4,5)6)7-8-18(30)21(16)23(31)20(15)26(34)27(17,35)25(19)33/h7-8,15,17,22,30,32,34-35H,9-12H2,1-6H3/t15-,17-,22-,27+/m0/s1. The number of nitrogens with zero attached hydrogens (tertiary/aromatic N) is 1. The first-order chi connectivity index (χ1) is 16.6. The van der Waals surface area contributed by atoms with E-state index in [1.54, 1.807) is 19.0 Å². The van der Waals surface area contributed by atoms with Gasteiger partial charge in [0.1, 0.15) is 22.8 Å².